The summed E-state index contributed by atoms with van der Waals surface area (Å²) in [5.74, 6) is -1.71. The Hall–Kier alpha value is -4.23. The molecule has 0 bridgehead atoms. The van der Waals surface area contributed by atoms with Crippen LogP contribution in [-0.4, -0.2) is 53.0 Å². The number of ether oxygens (including phenoxy) is 3. The van der Waals surface area contributed by atoms with Gasteiger partial charge in [-0.1, -0.05) is 55.9 Å². The number of aromatic hydroxyl groups is 1. The van der Waals surface area contributed by atoms with Crippen molar-refractivity contribution in [3.05, 3.63) is 74.0 Å². The van der Waals surface area contributed by atoms with Gasteiger partial charge in [0.25, 0.3) is 0 Å². The van der Waals surface area contributed by atoms with Crippen LogP contribution in [0.15, 0.2) is 45.6 Å². The molecule has 1 aromatic carbocycles. The molecule has 0 unspecified atom stereocenters. The van der Waals surface area contributed by atoms with Crippen molar-refractivity contribution >= 4 is 41.2 Å². The topological polar surface area (TPSA) is 132 Å². The summed E-state index contributed by atoms with van der Waals surface area (Å²) < 4.78 is 59.8. The van der Waals surface area contributed by atoms with E-state index in [1.165, 1.54) is 37.3 Å². The van der Waals surface area contributed by atoms with Gasteiger partial charge in [0.15, 0.2) is 11.2 Å². The third kappa shape index (κ3) is 10.4. The molecule has 0 spiro atoms. The number of hydrogen-bond acceptors (Lipinski definition) is 10. The molecule has 47 heavy (non-hydrogen) atoms. The Kier molecular flexibility index (Phi) is 13.5. The standard InChI is InChI=1S/C34H37F3O9S/c1-4-10-24-27(16-15-22(20(2)38)30(24)40)44-18-8-6-5-7-11-23(26(39)12-9-17-34(35,36)37)29-31(41)25-14-13-21(47)19-28(25)45-32(29)46-33(42)43-3/h5-7,11,14-16,19,23,26,39-40H,4,8-10,12-13,17-18H2,1-3H3/b6-5-,11-7+/t23-,26-/m1/s1. The first kappa shape index (κ1) is 37.2. The third-order valence-corrected chi connectivity index (χ3v) is 7.54. The number of carbonyl (C=O) groups is 2. The maximum absolute atomic E-state index is 13.7. The predicted molar refractivity (Wildman–Crippen MR) is 173 cm³/mol. The first-order chi connectivity index (χ1) is 22.3. The minimum atomic E-state index is -4.44. The Morgan fingerprint density at radius 3 is 2.62 bits per heavy atom. The average Bonchev–Trinajstić information content (AvgIpc) is 2.99. The highest BCUT2D eigenvalue weighted by Gasteiger charge is 2.31. The van der Waals surface area contributed by atoms with Crippen molar-refractivity contribution < 1.29 is 51.6 Å². The second-order valence-electron chi connectivity index (χ2n) is 10.8. The Morgan fingerprint density at radius 1 is 1.21 bits per heavy atom. The highest BCUT2D eigenvalue weighted by atomic mass is 32.1. The number of phenolic OH excluding ortho intramolecular Hbond substituents is 1. The Balaban J connectivity index is 1.88. The molecule has 254 valence electrons. The van der Waals surface area contributed by atoms with Crippen LogP contribution in [0.2, 0.25) is 0 Å². The highest BCUT2D eigenvalue weighted by molar-refractivity contribution is 7.81. The Morgan fingerprint density at radius 2 is 1.96 bits per heavy atom. The maximum Gasteiger partial charge on any atom is 0.516 e. The van der Waals surface area contributed by atoms with E-state index in [2.05, 4.69) is 4.74 Å². The van der Waals surface area contributed by atoms with Crippen molar-refractivity contribution in [1.82, 2.24) is 0 Å². The number of allylic oxidation sites excluding steroid dienone is 2. The first-order valence-electron chi connectivity index (χ1n) is 15.0. The fourth-order valence-corrected chi connectivity index (χ4v) is 5.17. The van der Waals surface area contributed by atoms with E-state index < -0.39 is 48.6 Å². The number of halogens is 3. The first-order valence-corrected chi connectivity index (χ1v) is 15.4. The lowest BCUT2D eigenvalue weighted by Crippen LogP contribution is -2.44. The number of fused-ring (bicyclic) bond motifs is 1. The lowest BCUT2D eigenvalue weighted by atomic mass is 9.89. The summed E-state index contributed by atoms with van der Waals surface area (Å²) in [6, 6.07) is 3.14. The quantitative estimate of drug-likeness (QED) is 0.0791. The molecule has 2 N–H and O–H groups in total. The van der Waals surface area contributed by atoms with Crippen LogP contribution < -0.4 is 25.5 Å². The molecule has 0 fully saturated rings. The number of carbonyl (C=O) groups excluding carboxylic acids is 2. The molecule has 1 aliphatic carbocycles. The summed E-state index contributed by atoms with van der Waals surface area (Å²) in [6.07, 6.45) is 2.07. The van der Waals surface area contributed by atoms with E-state index in [-0.39, 0.29) is 52.7 Å². The van der Waals surface area contributed by atoms with Crippen LogP contribution in [-0.2, 0) is 11.2 Å². The van der Waals surface area contributed by atoms with E-state index in [4.69, 9.17) is 26.1 Å². The van der Waals surface area contributed by atoms with Gasteiger partial charge in [0.05, 0.1) is 36.2 Å². The molecule has 0 saturated heterocycles. The summed E-state index contributed by atoms with van der Waals surface area (Å²) in [7, 11) is 1.04. The molecule has 2 aromatic rings. The number of alkyl halides is 3. The van der Waals surface area contributed by atoms with E-state index in [0.29, 0.717) is 29.0 Å². The fraction of sp³-hybridized carbons (Fsp3) is 0.412. The van der Waals surface area contributed by atoms with Gasteiger partial charge in [-0.05, 0) is 50.8 Å². The monoisotopic (exact) mass is 678 g/mol. The summed E-state index contributed by atoms with van der Waals surface area (Å²) in [5.41, 5.74) is -0.121. The molecule has 1 aliphatic rings. The van der Waals surface area contributed by atoms with Crippen molar-refractivity contribution in [2.24, 2.45) is 0 Å². The van der Waals surface area contributed by atoms with Gasteiger partial charge in [0, 0.05) is 29.2 Å². The molecule has 0 saturated carbocycles. The normalized spacial score (nSPS) is 14.3. The molecule has 0 aliphatic heterocycles. The number of benzene rings is 1. The van der Waals surface area contributed by atoms with Gasteiger partial charge in [0.2, 0.25) is 0 Å². The van der Waals surface area contributed by atoms with Crippen LogP contribution >= 0.6 is 12.2 Å². The molecular formula is C34H37F3O9S. The van der Waals surface area contributed by atoms with Crippen molar-refractivity contribution in [1.29, 1.82) is 0 Å². The summed E-state index contributed by atoms with van der Waals surface area (Å²) in [6.45, 7) is 3.51. The second kappa shape index (κ2) is 17.1. The Labute approximate surface area is 274 Å². The van der Waals surface area contributed by atoms with Gasteiger partial charge in [-0.3, -0.25) is 9.59 Å². The van der Waals surface area contributed by atoms with Crippen LogP contribution in [0.1, 0.15) is 79.8 Å². The largest absolute Gasteiger partial charge is 0.516 e. The number of methoxy groups -OCH3 is 1. The SMILES string of the molecule is CCCc1c(OCC/C=C\C=C\[C@@H](c2c(OC(=O)OC)oc3c(c2=O)=CCC(=S)C=3)[C@H](O)CCCC(F)(F)F)ccc(C(C)=O)c1O. The molecule has 0 amide bonds. The third-order valence-electron chi connectivity index (χ3n) is 7.25. The highest BCUT2D eigenvalue weighted by Crippen LogP contribution is 2.33. The van der Waals surface area contributed by atoms with Crippen molar-refractivity contribution in [2.45, 2.75) is 77.0 Å². The van der Waals surface area contributed by atoms with Crippen molar-refractivity contribution in [3.63, 3.8) is 0 Å². The number of thiocarbonyl (C=S) groups is 1. The van der Waals surface area contributed by atoms with E-state index in [1.807, 2.05) is 6.92 Å². The Bertz CT molecular complexity index is 1710. The van der Waals surface area contributed by atoms with Gasteiger partial charge in [-0.2, -0.15) is 13.2 Å². The van der Waals surface area contributed by atoms with Crippen molar-refractivity contribution in [3.8, 4) is 17.4 Å². The lowest BCUT2D eigenvalue weighted by molar-refractivity contribution is -0.136. The molecular weight excluding hydrogens is 641 g/mol. The summed E-state index contributed by atoms with van der Waals surface area (Å²) >= 11 is 5.19. The van der Waals surface area contributed by atoms with Gasteiger partial charge >= 0.3 is 18.3 Å². The molecule has 2 atom stereocenters. The molecule has 1 heterocycles. The van der Waals surface area contributed by atoms with E-state index >= 15 is 0 Å². The zero-order valence-corrected chi connectivity index (χ0v) is 27.0. The minimum Gasteiger partial charge on any atom is -0.507 e. The number of phenols is 1. The van der Waals surface area contributed by atoms with E-state index in [1.54, 1.807) is 18.2 Å². The zero-order valence-electron chi connectivity index (χ0n) is 26.2. The fourth-order valence-electron chi connectivity index (χ4n) is 4.98. The maximum atomic E-state index is 13.7. The van der Waals surface area contributed by atoms with Crippen LogP contribution in [0.4, 0.5) is 18.0 Å². The predicted octanol–water partition coefficient (Wildman–Crippen LogP) is 5.74. The lowest BCUT2D eigenvalue weighted by Gasteiger charge is -2.21. The number of rotatable bonds is 15. The zero-order chi connectivity index (χ0) is 34.7. The molecule has 0 radical (unpaired) electrons. The summed E-state index contributed by atoms with van der Waals surface area (Å²) in [5, 5.41) is 21.7. The second-order valence-corrected chi connectivity index (χ2v) is 11.3. The van der Waals surface area contributed by atoms with Crippen molar-refractivity contribution in [2.75, 3.05) is 13.7 Å². The van der Waals surface area contributed by atoms with E-state index in [9.17, 15) is 37.8 Å². The van der Waals surface area contributed by atoms with Gasteiger partial charge in [-0.15, -0.1) is 0 Å². The molecule has 3 rings (SSSR count). The number of ketones is 1. The van der Waals surface area contributed by atoms with E-state index in [0.717, 1.165) is 13.5 Å². The average molecular weight is 679 g/mol. The molecule has 9 nitrogen and oxygen atoms in total. The number of Topliss-reactive ketones (excluding diaryl/α,β-unsaturated/α-hetero) is 1. The molecule has 1 aromatic heterocycles. The van der Waals surface area contributed by atoms with Gasteiger partial charge in [-0.25, -0.2) is 4.79 Å². The summed E-state index contributed by atoms with van der Waals surface area (Å²) in [4.78, 5) is 38.0. The number of hydrogen-bond donors (Lipinski definition) is 2. The van der Waals surface area contributed by atoms with Gasteiger partial charge in [0.1, 0.15) is 16.9 Å². The molecule has 13 heteroatoms. The van der Waals surface area contributed by atoms with Crippen LogP contribution in [0.5, 0.6) is 17.4 Å². The van der Waals surface area contributed by atoms with Crippen LogP contribution in [0, 0.1) is 0 Å². The smallest absolute Gasteiger partial charge is 0.507 e. The van der Waals surface area contributed by atoms with Crippen LogP contribution in [0.25, 0.3) is 12.2 Å². The van der Waals surface area contributed by atoms with Crippen LogP contribution in [0.3, 0.4) is 0 Å². The van der Waals surface area contributed by atoms with Gasteiger partial charge < -0.3 is 28.8 Å². The number of aliphatic hydroxyl groups is 1. The number of aliphatic hydroxyl groups excluding tert-OH is 1. The minimum absolute atomic E-state index is 0.0365.